The van der Waals surface area contributed by atoms with E-state index in [0.29, 0.717) is 40.4 Å². The molecule has 4 heterocycles. The average Bonchev–Trinajstić information content (AvgIpc) is 3.62. The van der Waals surface area contributed by atoms with E-state index in [-0.39, 0.29) is 5.91 Å². The first kappa shape index (κ1) is 22.3. The molecule has 0 saturated heterocycles. The van der Waals surface area contributed by atoms with Crippen LogP contribution in [-0.4, -0.2) is 25.6 Å². The van der Waals surface area contributed by atoms with Crippen LogP contribution >= 0.6 is 22.9 Å². The Morgan fingerprint density at radius 3 is 2.83 bits per heavy atom. The van der Waals surface area contributed by atoms with Gasteiger partial charge in [-0.25, -0.2) is 9.97 Å². The van der Waals surface area contributed by atoms with Gasteiger partial charge in [0.25, 0.3) is 5.91 Å². The van der Waals surface area contributed by atoms with E-state index in [1.807, 2.05) is 71.3 Å². The molecule has 0 saturated carbocycles. The van der Waals surface area contributed by atoms with Gasteiger partial charge in [0.2, 0.25) is 0 Å². The highest BCUT2D eigenvalue weighted by Gasteiger charge is 2.18. The zero-order valence-corrected chi connectivity index (χ0v) is 20.4. The van der Waals surface area contributed by atoms with Crippen LogP contribution in [0.5, 0.6) is 0 Å². The van der Waals surface area contributed by atoms with Crippen LogP contribution in [0.15, 0.2) is 77.6 Å². The monoisotopic (exact) mass is 514 g/mol. The van der Waals surface area contributed by atoms with Crippen LogP contribution in [0.3, 0.4) is 0 Å². The standard InChI is InChI=1S/C26H19ClN6O2S/c27-24-8-7-23(36-24)22-11-17(32-35-22)13-33-20-4-2-1-3-16(20)10-21(33)26(34)29-12-15-5-6-18-19(9-15)30-14-31-25(18)28/h1-11,14H,12-13H2,(H,29,34)(H2,28,30,31). The van der Waals surface area contributed by atoms with Gasteiger partial charge in [0.15, 0.2) is 5.76 Å². The molecule has 3 N–H and O–H groups in total. The van der Waals surface area contributed by atoms with Gasteiger partial charge < -0.3 is 20.1 Å². The third-order valence-corrected chi connectivity index (χ3v) is 7.17. The first-order valence-corrected chi connectivity index (χ1v) is 12.3. The van der Waals surface area contributed by atoms with Gasteiger partial charge in [-0.15, -0.1) is 11.3 Å². The number of carbonyl (C=O) groups excluding carboxylic acids is 1. The summed E-state index contributed by atoms with van der Waals surface area (Å²) in [6.45, 7) is 0.721. The molecule has 0 aliphatic heterocycles. The van der Waals surface area contributed by atoms with Gasteiger partial charge in [-0.2, -0.15) is 0 Å². The Balaban J connectivity index is 1.27. The maximum absolute atomic E-state index is 13.3. The first-order valence-electron chi connectivity index (χ1n) is 11.1. The number of anilines is 1. The molecule has 0 radical (unpaired) electrons. The van der Waals surface area contributed by atoms with Crippen molar-refractivity contribution >= 4 is 56.5 Å². The zero-order valence-electron chi connectivity index (χ0n) is 18.8. The van der Waals surface area contributed by atoms with Gasteiger partial charge in [-0.1, -0.05) is 41.0 Å². The molecule has 6 aromatic rings. The fourth-order valence-electron chi connectivity index (χ4n) is 4.19. The lowest BCUT2D eigenvalue weighted by Crippen LogP contribution is -2.25. The smallest absolute Gasteiger partial charge is 0.268 e. The number of carbonyl (C=O) groups is 1. The fourth-order valence-corrected chi connectivity index (χ4v) is 5.18. The minimum atomic E-state index is -0.192. The van der Waals surface area contributed by atoms with E-state index in [4.69, 9.17) is 21.9 Å². The average molecular weight is 515 g/mol. The van der Waals surface area contributed by atoms with E-state index in [0.717, 1.165) is 32.2 Å². The number of thiophene rings is 1. The van der Waals surface area contributed by atoms with Gasteiger partial charge >= 0.3 is 0 Å². The van der Waals surface area contributed by atoms with Gasteiger partial charge in [-0.3, -0.25) is 4.79 Å². The molecule has 0 aliphatic carbocycles. The number of amides is 1. The Kier molecular flexibility index (Phi) is 5.63. The lowest BCUT2D eigenvalue weighted by atomic mass is 10.1. The van der Waals surface area contributed by atoms with Gasteiger partial charge in [0.05, 0.1) is 21.3 Å². The predicted octanol–water partition coefficient (Wildman–Crippen LogP) is 5.51. The minimum absolute atomic E-state index is 0.192. The Bertz CT molecular complexity index is 1740. The summed E-state index contributed by atoms with van der Waals surface area (Å²) in [6, 6.07) is 21.0. The maximum atomic E-state index is 13.3. The van der Waals surface area contributed by atoms with Crippen molar-refractivity contribution in [2.24, 2.45) is 0 Å². The van der Waals surface area contributed by atoms with Crippen molar-refractivity contribution in [2.45, 2.75) is 13.1 Å². The first-order chi connectivity index (χ1) is 17.5. The number of aromatic nitrogens is 4. The summed E-state index contributed by atoms with van der Waals surface area (Å²) >= 11 is 7.48. The van der Waals surface area contributed by atoms with Gasteiger partial charge in [0, 0.05) is 28.9 Å². The number of nitrogens with two attached hydrogens (primary N) is 1. The van der Waals surface area contributed by atoms with Crippen molar-refractivity contribution in [3.63, 3.8) is 0 Å². The predicted molar refractivity (Wildman–Crippen MR) is 141 cm³/mol. The lowest BCUT2D eigenvalue weighted by molar-refractivity contribution is 0.0942. The van der Waals surface area contributed by atoms with Crippen molar-refractivity contribution in [3.8, 4) is 10.6 Å². The number of nitrogens with zero attached hydrogens (tertiary/aromatic N) is 4. The Morgan fingerprint density at radius 2 is 1.97 bits per heavy atom. The molecule has 36 heavy (non-hydrogen) atoms. The molecule has 0 bridgehead atoms. The van der Waals surface area contributed by atoms with E-state index < -0.39 is 0 Å². The van der Waals surface area contributed by atoms with Crippen LogP contribution in [0, 0.1) is 0 Å². The number of nitrogens with one attached hydrogen (secondary N) is 1. The van der Waals surface area contributed by atoms with Crippen LogP contribution in [0.2, 0.25) is 4.34 Å². The summed E-state index contributed by atoms with van der Waals surface area (Å²) in [4.78, 5) is 22.5. The molecular weight excluding hydrogens is 496 g/mol. The van der Waals surface area contributed by atoms with Crippen molar-refractivity contribution in [1.82, 2.24) is 25.0 Å². The second-order valence-corrected chi connectivity index (χ2v) is 9.97. The van der Waals surface area contributed by atoms with Gasteiger partial charge in [-0.05, 0) is 42.0 Å². The number of fused-ring (bicyclic) bond motifs is 2. The summed E-state index contributed by atoms with van der Waals surface area (Å²) in [6.07, 6.45) is 1.43. The van der Waals surface area contributed by atoms with Crippen LogP contribution in [-0.2, 0) is 13.1 Å². The molecule has 6 rings (SSSR count). The minimum Gasteiger partial charge on any atom is -0.383 e. The number of para-hydroxylation sites is 1. The highest BCUT2D eigenvalue weighted by Crippen LogP contribution is 2.32. The molecular formula is C26H19ClN6O2S. The highest BCUT2D eigenvalue weighted by atomic mass is 35.5. The largest absolute Gasteiger partial charge is 0.383 e. The Labute approximate surface area is 214 Å². The topological polar surface area (TPSA) is 112 Å². The number of hydrogen-bond acceptors (Lipinski definition) is 7. The molecule has 178 valence electrons. The van der Waals surface area contributed by atoms with Crippen LogP contribution in [0.4, 0.5) is 5.82 Å². The second kappa shape index (κ2) is 9.10. The molecule has 0 spiro atoms. The van der Waals surface area contributed by atoms with Crippen LogP contribution in [0.1, 0.15) is 21.7 Å². The van der Waals surface area contributed by atoms with Crippen molar-refractivity contribution in [3.05, 3.63) is 94.3 Å². The third kappa shape index (κ3) is 4.19. The number of rotatable bonds is 6. The summed E-state index contributed by atoms with van der Waals surface area (Å²) in [5, 5.41) is 9.00. The number of nitrogen functional groups attached to an aromatic ring is 1. The summed E-state index contributed by atoms with van der Waals surface area (Å²) in [5.74, 6) is 0.880. The molecule has 0 fully saturated rings. The normalized spacial score (nSPS) is 11.4. The van der Waals surface area contributed by atoms with Crippen molar-refractivity contribution in [2.75, 3.05) is 5.73 Å². The van der Waals surface area contributed by atoms with E-state index in [2.05, 4.69) is 20.4 Å². The van der Waals surface area contributed by atoms with E-state index >= 15 is 0 Å². The third-order valence-electron chi connectivity index (χ3n) is 5.92. The second-order valence-electron chi connectivity index (χ2n) is 8.25. The molecule has 4 aromatic heterocycles. The van der Waals surface area contributed by atoms with Crippen molar-refractivity contribution in [1.29, 1.82) is 0 Å². The Hall–Kier alpha value is -4.21. The SMILES string of the molecule is Nc1ncnc2cc(CNC(=O)c3cc4ccccc4n3Cc3cc(-c4ccc(Cl)s4)on3)ccc12. The summed E-state index contributed by atoms with van der Waals surface area (Å²) in [5.41, 5.74) is 9.73. The van der Waals surface area contributed by atoms with E-state index in [1.165, 1.54) is 17.7 Å². The molecule has 0 aliphatic rings. The molecule has 1 amide bonds. The number of hydrogen-bond donors (Lipinski definition) is 2. The molecule has 10 heteroatoms. The summed E-state index contributed by atoms with van der Waals surface area (Å²) < 4.78 is 8.17. The number of benzene rings is 2. The lowest BCUT2D eigenvalue weighted by Gasteiger charge is -2.10. The Morgan fingerprint density at radius 1 is 1.08 bits per heavy atom. The molecule has 0 unspecified atom stereocenters. The fraction of sp³-hybridized carbons (Fsp3) is 0.0769. The van der Waals surface area contributed by atoms with E-state index in [9.17, 15) is 4.79 Å². The van der Waals surface area contributed by atoms with Crippen molar-refractivity contribution < 1.29 is 9.32 Å². The summed E-state index contributed by atoms with van der Waals surface area (Å²) in [7, 11) is 0. The molecule has 2 aromatic carbocycles. The molecule has 0 atom stereocenters. The van der Waals surface area contributed by atoms with Crippen LogP contribution < -0.4 is 11.1 Å². The zero-order chi connectivity index (χ0) is 24.6. The van der Waals surface area contributed by atoms with Gasteiger partial charge in [0.1, 0.15) is 23.5 Å². The highest BCUT2D eigenvalue weighted by molar-refractivity contribution is 7.19. The maximum Gasteiger partial charge on any atom is 0.268 e. The number of halogens is 1. The van der Waals surface area contributed by atoms with Crippen LogP contribution in [0.25, 0.3) is 32.4 Å². The quantitative estimate of drug-likeness (QED) is 0.303. The molecule has 8 nitrogen and oxygen atoms in total. The van der Waals surface area contributed by atoms with E-state index in [1.54, 1.807) is 0 Å².